The van der Waals surface area contributed by atoms with Gasteiger partial charge in [0.05, 0.1) is 30.8 Å². The van der Waals surface area contributed by atoms with E-state index in [0.717, 1.165) is 33.1 Å². The SMILES string of the molecule is CC(C)CC(=O)Nc1cncc(-c2cnc3[nH]nc(-c4cc5c(C(=O)N6CCOCC6)cccc5[nH]4)c3c2)c1. The number of aromatic nitrogens is 5. The van der Waals surface area contributed by atoms with Gasteiger partial charge in [0.25, 0.3) is 5.91 Å². The summed E-state index contributed by atoms with van der Waals surface area (Å²) in [6, 6.07) is 11.6. The number of amides is 2. The van der Waals surface area contributed by atoms with Gasteiger partial charge in [0, 0.05) is 64.9 Å². The fourth-order valence-electron chi connectivity index (χ4n) is 4.92. The number of nitrogens with one attached hydrogen (secondary N) is 3. The van der Waals surface area contributed by atoms with Crippen molar-refractivity contribution in [2.45, 2.75) is 20.3 Å². The van der Waals surface area contributed by atoms with Crippen LogP contribution < -0.4 is 5.32 Å². The van der Waals surface area contributed by atoms with Crippen molar-refractivity contribution in [1.29, 1.82) is 0 Å². The Morgan fingerprint density at radius 2 is 1.87 bits per heavy atom. The summed E-state index contributed by atoms with van der Waals surface area (Å²) in [6.07, 6.45) is 5.58. The number of fused-ring (bicyclic) bond motifs is 2. The van der Waals surface area contributed by atoms with Crippen LogP contribution in [0.4, 0.5) is 5.69 Å². The van der Waals surface area contributed by atoms with Crippen LogP contribution in [-0.2, 0) is 9.53 Å². The lowest BCUT2D eigenvalue weighted by molar-refractivity contribution is -0.116. The molecule has 0 unspecified atom stereocenters. The molecule has 4 aromatic heterocycles. The molecule has 0 atom stereocenters. The number of ether oxygens (including phenoxy) is 1. The van der Waals surface area contributed by atoms with E-state index in [9.17, 15) is 9.59 Å². The maximum atomic E-state index is 13.3. The highest BCUT2D eigenvalue weighted by Crippen LogP contribution is 2.32. The van der Waals surface area contributed by atoms with E-state index < -0.39 is 0 Å². The molecule has 0 aliphatic carbocycles. The zero-order valence-electron chi connectivity index (χ0n) is 21.8. The van der Waals surface area contributed by atoms with Crippen molar-refractivity contribution in [3.63, 3.8) is 0 Å². The molecule has 5 heterocycles. The predicted octanol–water partition coefficient (Wildman–Crippen LogP) is 4.63. The van der Waals surface area contributed by atoms with Crippen LogP contribution in [-0.4, -0.2) is 68.2 Å². The van der Waals surface area contributed by atoms with Crippen molar-refractivity contribution in [2.75, 3.05) is 31.6 Å². The second-order valence-electron chi connectivity index (χ2n) is 10.2. The number of hydrogen-bond donors (Lipinski definition) is 3. The summed E-state index contributed by atoms with van der Waals surface area (Å²) in [6.45, 7) is 6.29. The minimum absolute atomic E-state index is 0.00171. The average Bonchev–Trinajstić information content (AvgIpc) is 3.56. The Labute approximate surface area is 224 Å². The van der Waals surface area contributed by atoms with E-state index in [1.165, 1.54) is 0 Å². The third-order valence-corrected chi connectivity index (χ3v) is 6.81. The van der Waals surface area contributed by atoms with Gasteiger partial charge in [0.15, 0.2) is 5.65 Å². The van der Waals surface area contributed by atoms with E-state index >= 15 is 0 Å². The number of carbonyl (C=O) groups is 2. The van der Waals surface area contributed by atoms with Gasteiger partial charge in [-0.3, -0.25) is 19.7 Å². The Bertz CT molecular complexity index is 1680. The van der Waals surface area contributed by atoms with Gasteiger partial charge in [-0.15, -0.1) is 0 Å². The first-order valence-electron chi connectivity index (χ1n) is 13.0. The molecule has 198 valence electrons. The Morgan fingerprint density at radius 3 is 2.69 bits per heavy atom. The summed E-state index contributed by atoms with van der Waals surface area (Å²) in [5.74, 6) is 0.226. The lowest BCUT2D eigenvalue weighted by Gasteiger charge is -2.27. The molecular weight excluding hydrogens is 494 g/mol. The van der Waals surface area contributed by atoms with Crippen LogP contribution in [0.3, 0.4) is 0 Å². The highest BCUT2D eigenvalue weighted by Gasteiger charge is 2.22. The fraction of sp³-hybridized carbons (Fsp3) is 0.276. The number of rotatable bonds is 6. The summed E-state index contributed by atoms with van der Waals surface area (Å²) in [4.78, 5) is 39.7. The van der Waals surface area contributed by atoms with E-state index in [4.69, 9.17) is 4.74 Å². The van der Waals surface area contributed by atoms with Crippen molar-refractivity contribution >= 4 is 39.4 Å². The monoisotopic (exact) mass is 523 g/mol. The number of anilines is 1. The number of carbonyl (C=O) groups excluding carboxylic acids is 2. The Hall–Kier alpha value is -4.57. The van der Waals surface area contributed by atoms with Gasteiger partial charge in [-0.2, -0.15) is 5.10 Å². The molecule has 2 amide bonds. The summed E-state index contributed by atoms with van der Waals surface area (Å²) in [5, 5.41) is 12.1. The van der Waals surface area contributed by atoms with Gasteiger partial charge in [-0.25, -0.2) is 4.98 Å². The molecule has 1 fully saturated rings. The van der Waals surface area contributed by atoms with Crippen LogP contribution in [0.25, 0.3) is 44.5 Å². The zero-order chi connectivity index (χ0) is 26.9. The molecular formula is C29H29N7O3. The quantitative estimate of drug-likeness (QED) is 0.298. The number of pyridine rings is 2. The smallest absolute Gasteiger partial charge is 0.254 e. The number of benzene rings is 1. The largest absolute Gasteiger partial charge is 0.378 e. The van der Waals surface area contributed by atoms with Crippen molar-refractivity contribution in [2.24, 2.45) is 5.92 Å². The second kappa shape index (κ2) is 10.3. The third-order valence-electron chi connectivity index (χ3n) is 6.81. The first-order valence-corrected chi connectivity index (χ1v) is 13.0. The summed E-state index contributed by atoms with van der Waals surface area (Å²) in [5.41, 5.74) is 5.95. The molecule has 3 N–H and O–H groups in total. The van der Waals surface area contributed by atoms with Crippen LogP contribution in [0.2, 0.25) is 0 Å². The molecule has 0 saturated carbocycles. The standard InChI is InChI=1S/C29H29N7O3/c1-17(2)10-26(37)32-20-11-18(14-30-16-20)19-12-23-27(34-35-28(23)31-15-19)25-13-22-21(4-3-5-24(22)33-25)29(38)36-6-8-39-9-7-36/h3-5,11-17,33H,6-10H2,1-2H3,(H,32,37)(H,31,34,35). The molecule has 0 radical (unpaired) electrons. The van der Waals surface area contributed by atoms with Gasteiger partial charge in [-0.1, -0.05) is 19.9 Å². The van der Waals surface area contributed by atoms with E-state index in [1.54, 1.807) is 18.6 Å². The van der Waals surface area contributed by atoms with Crippen molar-refractivity contribution in [1.82, 2.24) is 30.0 Å². The fourth-order valence-corrected chi connectivity index (χ4v) is 4.92. The van der Waals surface area contributed by atoms with E-state index in [1.807, 2.05) is 55.1 Å². The van der Waals surface area contributed by atoms with Crippen LogP contribution in [0.5, 0.6) is 0 Å². The van der Waals surface area contributed by atoms with Gasteiger partial charge in [-0.05, 0) is 36.2 Å². The molecule has 5 aromatic rings. The first kappa shape index (κ1) is 24.7. The highest BCUT2D eigenvalue weighted by atomic mass is 16.5. The topological polar surface area (TPSA) is 129 Å². The maximum absolute atomic E-state index is 13.3. The molecule has 0 bridgehead atoms. The van der Waals surface area contributed by atoms with E-state index in [-0.39, 0.29) is 17.7 Å². The number of H-pyrrole nitrogens is 2. The Balaban J connectivity index is 1.34. The van der Waals surface area contributed by atoms with E-state index in [0.29, 0.717) is 55.3 Å². The van der Waals surface area contributed by atoms with Crippen LogP contribution >= 0.6 is 0 Å². The summed E-state index contributed by atoms with van der Waals surface area (Å²) >= 11 is 0. The number of aromatic amines is 2. The molecule has 1 saturated heterocycles. The highest BCUT2D eigenvalue weighted by molar-refractivity contribution is 6.08. The molecule has 0 spiro atoms. The zero-order valence-corrected chi connectivity index (χ0v) is 21.8. The number of morpholine rings is 1. The Morgan fingerprint density at radius 1 is 1.05 bits per heavy atom. The molecule has 10 heteroatoms. The van der Waals surface area contributed by atoms with Gasteiger partial charge < -0.3 is 19.9 Å². The molecule has 1 aliphatic rings. The van der Waals surface area contributed by atoms with Crippen LogP contribution in [0.1, 0.15) is 30.6 Å². The number of nitrogens with zero attached hydrogens (tertiary/aromatic N) is 4. The van der Waals surface area contributed by atoms with Crippen LogP contribution in [0.15, 0.2) is 55.0 Å². The lowest BCUT2D eigenvalue weighted by Crippen LogP contribution is -2.40. The third kappa shape index (κ3) is 4.98. The lowest BCUT2D eigenvalue weighted by atomic mass is 10.1. The van der Waals surface area contributed by atoms with E-state index in [2.05, 4.69) is 30.5 Å². The minimum Gasteiger partial charge on any atom is -0.378 e. The summed E-state index contributed by atoms with van der Waals surface area (Å²) < 4.78 is 5.41. The minimum atomic E-state index is -0.0417. The van der Waals surface area contributed by atoms with Gasteiger partial charge in [0.1, 0.15) is 5.69 Å². The predicted molar refractivity (Wildman–Crippen MR) is 149 cm³/mol. The normalized spacial score (nSPS) is 13.9. The van der Waals surface area contributed by atoms with Gasteiger partial charge >= 0.3 is 0 Å². The van der Waals surface area contributed by atoms with Crippen LogP contribution in [0, 0.1) is 5.92 Å². The average molecular weight is 524 g/mol. The maximum Gasteiger partial charge on any atom is 0.254 e. The molecule has 10 nitrogen and oxygen atoms in total. The molecule has 1 aromatic carbocycles. The summed E-state index contributed by atoms with van der Waals surface area (Å²) in [7, 11) is 0. The molecule has 6 rings (SSSR count). The van der Waals surface area contributed by atoms with Gasteiger partial charge in [0.2, 0.25) is 5.91 Å². The first-order chi connectivity index (χ1) is 19.0. The number of hydrogen-bond acceptors (Lipinski definition) is 6. The second-order valence-corrected chi connectivity index (χ2v) is 10.2. The van der Waals surface area contributed by atoms with Crippen molar-refractivity contribution < 1.29 is 14.3 Å². The van der Waals surface area contributed by atoms with Crippen molar-refractivity contribution in [3.8, 4) is 22.5 Å². The molecule has 1 aliphatic heterocycles. The molecule has 39 heavy (non-hydrogen) atoms. The van der Waals surface area contributed by atoms with Crippen molar-refractivity contribution in [3.05, 3.63) is 60.6 Å². The Kier molecular flexibility index (Phi) is 6.54.